The summed E-state index contributed by atoms with van der Waals surface area (Å²) in [7, 11) is 0. The molecule has 0 saturated heterocycles. The average molecular weight is 302 g/mol. The lowest BCUT2D eigenvalue weighted by Gasteiger charge is -2.11. The number of halogens is 2. The van der Waals surface area contributed by atoms with Crippen LogP contribution in [0.2, 0.25) is 0 Å². The van der Waals surface area contributed by atoms with E-state index in [9.17, 15) is 8.78 Å². The molecule has 0 atom stereocenters. The topological polar surface area (TPSA) is 87.0 Å². The van der Waals surface area contributed by atoms with Crippen molar-refractivity contribution < 1.29 is 13.5 Å². The average Bonchev–Trinajstić information content (AvgIpc) is 2.45. The minimum atomic E-state index is -0.672. The van der Waals surface area contributed by atoms with Gasteiger partial charge in [-0.2, -0.15) is 4.98 Å². The zero-order chi connectivity index (χ0) is 15.7. The molecule has 112 valence electrons. The van der Waals surface area contributed by atoms with Gasteiger partial charge in [-0.25, -0.2) is 13.8 Å². The van der Waals surface area contributed by atoms with Gasteiger partial charge in [-0.1, -0.05) is 6.07 Å². The minimum Gasteiger partial charge on any atom is -0.488 e. The Bertz CT molecular complexity index is 854. The number of hydrogen-bond donors (Lipinski definition) is 2. The van der Waals surface area contributed by atoms with Gasteiger partial charge >= 0.3 is 0 Å². The van der Waals surface area contributed by atoms with Crippen LogP contribution in [0, 0.1) is 11.6 Å². The second kappa shape index (κ2) is 5.44. The summed E-state index contributed by atoms with van der Waals surface area (Å²) in [5.41, 5.74) is 12.1. The largest absolute Gasteiger partial charge is 0.488 e. The molecule has 2 aromatic carbocycles. The fraction of sp³-hybridized carbons (Fsp3) is 0.0667. The Labute approximate surface area is 124 Å². The van der Waals surface area contributed by atoms with Gasteiger partial charge in [0.25, 0.3) is 0 Å². The molecule has 4 N–H and O–H groups in total. The number of nitrogens with two attached hydrogens (primary N) is 2. The number of aromatic nitrogens is 2. The van der Waals surface area contributed by atoms with E-state index in [2.05, 4.69) is 9.97 Å². The summed E-state index contributed by atoms with van der Waals surface area (Å²) in [6.07, 6.45) is 0. The molecule has 7 heteroatoms. The molecule has 0 aliphatic carbocycles. The quantitative estimate of drug-likeness (QED) is 0.776. The summed E-state index contributed by atoms with van der Waals surface area (Å²) in [6.45, 7) is -0.0744. The normalized spacial score (nSPS) is 10.8. The molecule has 0 saturated carbocycles. The van der Waals surface area contributed by atoms with Gasteiger partial charge in [0.15, 0.2) is 0 Å². The monoisotopic (exact) mass is 302 g/mol. The van der Waals surface area contributed by atoms with Gasteiger partial charge < -0.3 is 16.2 Å². The summed E-state index contributed by atoms with van der Waals surface area (Å²) >= 11 is 0. The van der Waals surface area contributed by atoms with Crippen LogP contribution in [0.15, 0.2) is 36.4 Å². The molecule has 5 nitrogen and oxygen atoms in total. The number of hydrogen-bond acceptors (Lipinski definition) is 5. The van der Waals surface area contributed by atoms with Gasteiger partial charge in [-0.15, -0.1) is 0 Å². The predicted molar refractivity (Wildman–Crippen MR) is 79.1 cm³/mol. The van der Waals surface area contributed by atoms with Crippen molar-refractivity contribution in [2.75, 3.05) is 11.5 Å². The van der Waals surface area contributed by atoms with E-state index in [-0.39, 0.29) is 23.9 Å². The van der Waals surface area contributed by atoms with Crippen LogP contribution in [0.25, 0.3) is 10.9 Å². The third-order valence-corrected chi connectivity index (χ3v) is 3.13. The van der Waals surface area contributed by atoms with E-state index < -0.39 is 11.6 Å². The number of fused-ring (bicyclic) bond motifs is 1. The highest BCUT2D eigenvalue weighted by molar-refractivity contribution is 5.94. The summed E-state index contributed by atoms with van der Waals surface area (Å²) in [6, 6.07) is 8.40. The Hall–Kier alpha value is -2.96. The van der Waals surface area contributed by atoms with Gasteiger partial charge in [-0.3, -0.25) is 0 Å². The van der Waals surface area contributed by atoms with Crippen molar-refractivity contribution in [2.45, 2.75) is 6.61 Å². The molecule has 1 heterocycles. The Balaban J connectivity index is 1.94. The molecule has 3 rings (SSSR count). The van der Waals surface area contributed by atoms with E-state index in [4.69, 9.17) is 16.2 Å². The Kier molecular flexibility index (Phi) is 3.46. The van der Waals surface area contributed by atoms with Crippen LogP contribution < -0.4 is 16.2 Å². The zero-order valence-corrected chi connectivity index (χ0v) is 11.4. The van der Waals surface area contributed by atoms with Crippen molar-refractivity contribution in [3.05, 3.63) is 53.6 Å². The van der Waals surface area contributed by atoms with Gasteiger partial charge in [0.1, 0.15) is 29.8 Å². The lowest BCUT2D eigenvalue weighted by atomic mass is 10.2. The van der Waals surface area contributed by atoms with Gasteiger partial charge in [0, 0.05) is 11.6 Å². The molecule has 1 aromatic heterocycles. The van der Waals surface area contributed by atoms with Crippen LogP contribution >= 0.6 is 0 Å². The minimum absolute atomic E-state index is 0.0618. The van der Waals surface area contributed by atoms with Crippen LogP contribution in [-0.2, 0) is 6.61 Å². The van der Waals surface area contributed by atoms with Crippen LogP contribution in [0.1, 0.15) is 5.56 Å². The first-order chi connectivity index (χ1) is 10.5. The van der Waals surface area contributed by atoms with E-state index in [1.165, 1.54) is 12.1 Å². The Morgan fingerprint density at radius 1 is 1.05 bits per heavy atom. The van der Waals surface area contributed by atoms with E-state index in [0.717, 1.165) is 6.07 Å². The summed E-state index contributed by atoms with van der Waals surface area (Å²) in [5, 5.41) is 0.499. The van der Waals surface area contributed by atoms with Crippen LogP contribution in [0.3, 0.4) is 0 Å². The highest BCUT2D eigenvalue weighted by Crippen LogP contribution is 2.29. The number of nitrogen functional groups attached to an aromatic ring is 2. The maximum Gasteiger partial charge on any atom is 0.222 e. The Morgan fingerprint density at radius 3 is 2.64 bits per heavy atom. The fourth-order valence-electron chi connectivity index (χ4n) is 2.11. The molecule has 0 radical (unpaired) electrons. The van der Waals surface area contributed by atoms with Crippen molar-refractivity contribution in [3.8, 4) is 5.75 Å². The predicted octanol–water partition coefficient (Wildman–Crippen LogP) is 2.65. The van der Waals surface area contributed by atoms with Crippen molar-refractivity contribution in [2.24, 2.45) is 0 Å². The van der Waals surface area contributed by atoms with Crippen molar-refractivity contribution >= 4 is 22.7 Å². The van der Waals surface area contributed by atoms with Gasteiger partial charge in [0.05, 0.1) is 10.9 Å². The fourth-order valence-corrected chi connectivity index (χ4v) is 2.11. The van der Waals surface area contributed by atoms with Crippen LogP contribution in [0.4, 0.5) is 20.5 Å². The molecule has 0 fully saturated rings. The summed E-state index contributed by atoms with van der Waals surface area (Å²) in [4.78, 5) is 7.95. The number of rotatable bonds is 3. The van der Waals surface area contributed by atoms with Crippen molar-refractivity contribution in [1.82, 2.24) is 9.97 Å². The maximum absolute atomic E-state index is 13.6. The molecule has 0 amide bonds. The number of nitrogens with zero attached hydrogens (tertiary/aromatic N) is 2. The number of ether oxygens (including phenoxy) is 1. The maximum atomic E-state index is 13.6. The highest BCUT2D eigenvalue weighted by Gasteiger charge is 2.11. The standard InChI is InChI=1S/C15H12F2N4O/c16-9-5-4-8(10(17)6-9)7-22-12-3-1-2-11-13(12)14(18)21-15(19)20-11/h1-6H,7H2,(H4,18,19,20,21). The summed E-state index contributed by atoms with van der Waals surface area (Å²) in [5.74, 6) is -0.670. The molecular weight excluding hydrogens is 290 g/mol. The van der Waals surface area contributed by atoms with E-state index in [1.807, 2.05) is 0 Å². The third kappa shape index (κ3) is 2.60. The highest BCUT2D eigenvalue weighted by atomic mass is 19.1. The summed E-state index contributed by atoms with van der Waals surface area (Å²) < 4.78 is 32.1. The molecule has 0 unspecified atom stereocenters. The first kappa shape index (κ1) is 14.0. The van der Waals surface area contributed by atoms with E-state index in [1.54, 1.807) is 18.2 Å². The SMILES string of the molecule is Nc1nc(N)c2c(OCc3ccc(F)cc3F)cccc2n1. The number of anilines is 2. The first-order valence-corrected chi connectivity index (χ1v) is 6.43. The molecule has 0 spiro atoms. The zero-order valence-electron chi connectivity index (χ0n) is 11.4. The molecule has 22 heavy (non-hydrogen) atoms. The number of benzene rings is 2. The molecule has 0 bridgehead atoms. The molecule has 0 aliphatic rings. The van der Waals surface area contributed by atoms with Gasteiger partial charge in [0.2, 0.25) is 5.95 Å². The van der Waals surface area contributed by atoms with Crippen molar-refractivity contribution in [1.29, 1.82) is 0 Å². The van der Waals surface area contributed by atoms with Gasteiger partial charge in [-0.05, 0) is 24.3 Å². The van der Waals surface area contributed by atoms with Crippen molar-refractivity contribution in [3.63, 3.8) is 0 Å². The lowest BCUT2D eigenvalue weighted by molar-refractivity contribution is 0.303. The van der Waals surface area contributed by atoms with Crippen LogP contribution in [0.5, 0.6) is 5.75 Å². The first-order valence-electron chi connectivity index (χ1n) is 6.43. The molecule has 0 aliphatic heterocycles. The molecule has 3 aromatic rings. The molecular formula is C15H12F2N4O. The lowest BCUT2D eigenvalue weighted by Crippen LogP contribution is -2.03. The second-order valence-corrected chi connectivity index (χ2v) is 4.64. The van der Waals surface area contributed by atoms with Crippen LogP contribution in [-0.4, -0.2) is 9.97 Å². The smallest absolute Gasteiger partial charge is 0.222 e. The van der Waals surface area contributed by atoms with E-state index in [0.29, 0.717) is 16.7 Å². The Morgan fingerprint density at radius 2 is 1.86 bits per heavy atom. The van der Waals surface area contributed by atoms with E-state index >= 15 is 0 Å². The third-order valence-electron chi connectivity index (χ3n) is 3.13. The second-order valence-electron chi connectivity index (χ2n) is 4.64.